The van der Waals surface area contributed by atoms with Crippen molar-refractivity contribution in [1.82, 2.24) is 0 Å². The van der Waals surface area contributed by atoms with E-state index >= 15 is 0 Å². The Morgan fingerprint density at radius 3 is 2.48 bits per heavy atom. The van der Waals surface area contributed by atoms with Crippen LogP contribution in [0.4, 0.5) is 4.39 Å². The van der Waals surface area contributed by atoms with E-state index in [0.717, 1.165) is 55.8 Å². The largest absolute Gasteiger partial charge is 0.378 e. The second-order valence-electron chi connectivity index (χ2n) is 7.15. The maximum Gasteiger partial charge on any atom is 0.129 e. The predicted octanol–water partition coefficient (Wildman–Crippen LogP) is 6.00. The molecule has 2 unspecified atom stereocenters. The zero-order valence-corrected chi connectivity index (χ0v) is 15.2. The molecular weight excluding hydrogens is 287 g/mol. The van der Waals surface area contributed by atoms with Gasteiger partial charge in [-0.15, -0.1) is 0 Å². The summed E-state index contributed by atoms with van der Waals surface area (Å²) >= 11 is 0. The molecule has 2 heteroatoms. The molecule has 1 aromatic carbocycles. The summed E-state index contributed by atoms with van der Waals surface area (Å²) in [5, 5.41) is 0. The highest BCUT2D eigenvalue weighted by atomic mass is 19.1. The average Bonchev–Trinajstić information content (AvgIpc) is 2.56. The molecule has 2 atom stereocenters. The second-order valence-corrected chi connectivity index (χ2v) is 7.15. The van der Waals surface area contributed by atoms with Gasteiger partial charge in [0, 0.05) is 6.61 Å². The third-order valence-electron chi connectivity index (χ3n) is 5.23. The highest BCUT2D eigenvalue weighted by Gasteiger charge is 2.20. The first kappa shape index (κ1) is 18.4. The van der Waals surface area contributed by atoms with Crippen LogP contribution in [-0.2, 0) is 17.6 Å². The quantitative estimate of drug-likeness (QED) is 0.570. The van der Waals surface area contributed by atoms with Gasteiger partial charge in [0.05, 0.1) is 6.10 Å². The third-order valence-corrected chi connectivity index (χ3v) is 5.23. The number of benzene rings is 1. The van der Waals surface area contributed by atoms with Gasteiger partial charge in [0.15, 0.2) is 0 Å². The van der Waals surface area contributed by atoms with Gasteiger partial charge in [-0.1, -0.05) is 38.8 Å². The van der Waals surface area contributed by atoms with E-state index in [-0.39, 0.29) is 5.82 Å². The number of ether oxygens (including phenoxy) is 1. The smallest absolute Gasteiger partial charge is 0.129 e. The molecule has 0 aliphatic carbocycles. The summed E-state index contributed by atoms with van der Waals surface area (Å²) in [5.41, 5.74) is 2.89. The molecule has 1 nitrogen and oxygen atoms in total. The maximum absolute atomic E-state index is 14.3. The molecule has 1 aromatic rings. The van der Waals surface area contributed by atoms with E-state index in [9.17, 15) is 4.39 Å². The normalized spacial score (nSPS) is 21.6. The van der Waals surface area contributed by atoms with Crippen molar-refractivity contribution < 1.29 is 9.13 Å². The lowest BCUT2D eigenvalue weighted by Gasteiger charge is -2.29. The van der Waals surface area contributed by atoms with Crippen molar-refractivity contribution in [3.63, 3.8) is 0 Å². The lowest BCUT2D eigenvalue weighted by atomic mass is 9.92. The first-order valence-corrected chi connectivity index (χ1v) is 9.54. The number of aryl methyl sites for hydroxylation is 2. The van der Waals surface area contributed by atoms with Gasteiger partial charge in [-0.3, -0.25) is 0 Å². The molecule has 0 radical (unpaired) electrons. The van der Waals surface area contributed by atoms with Crippen LogP contribution in [0.5, 0.6) is 0 Å². The van der Waals surface area contributed by atoms with E-state index in [4.69, 9.17) is 4.74 Å². The predicted molar refractivity (Wildman–Crippen MR) is 95.4 cm³/mol. The molecule has 1 fully saturated rings. The Balaban J connectivity index is 1.77. The minimum absolute atomic E-state index is 0.0145. The summed E-state index contributed by atoms with van der Waals surface area (Å²) in [5.74, 6) is 0.791. The third kappa shape index (κ3) is 5.31. The summed E-state index contributed by atoms with van der Waals surface area (Å²) in [7, 11) is 0. The summed E-state index contributed by atoms with van der Waals surface area (Å²) in [6.07, 6.45) is 10.5. The lowest BCUT2D eigenvalue weighted by Crippen LogP contribution is -2.25. The van der Waals surface area contributed by atoms with E-state index in [1.54, 1.807) is 0 Å². The van der Waals surface area contributed by atoms with Crippen molar-refractivity contribution in [2.75, 3.05) is 6.61 Å². The van der Waals surface area contributed by atoms with E-state index in [0.29, 0.717) is 6.10 Å². The Hall–Kier alpha value is -0.890. The average molecular weight is 320 g/mol. The molecule has 0 saturated carbocycles. The minimum Gasteiger partial charge on any atom is -0.378 e. The first-order valence-electron chi connectivity index (χ1n) is 9.54. The van der Waals surface area contributed by atoms with Crippen molar-refractivity contribution >= 4 is 0 Å². The molecule has 0 N–H and O–H groups in total. The van der Waals surface area contributed by atoms with Crippen molar-refractivity contribution in [3.05, 3.63) is 34.6 Å². The molecule has 1 heterocycles. The fourth-order valence-electron chi connectivity index (χ4n) is 3.76. The van der Waals surface area contributed by atoms with Crippen molar-refractivity contribution in [2.45, 2.75) is 84.7 Å². The summed E-state index contributed by atoms with van der Waals surface area (Å²) < 4.78 is 20.3. The van der Waals surface area contributed by atoms with Gasteiger partial charge >= 0.3 is 0 Å². The van der Waals surface area contributed by atoms with Crippen LogP contribution < -0.4 is 0 Å². The fraction of sp³-hybridized carbons (Fsp3) is 0.714. The standard InChI is InChI=1S/C21H33FO/c1-4-7-17-11-14-20(23-15-17)10-6-9-18-12-13-19(8-5-2)21(22)16(18)3/h12-13,17,20H,4-11,14-15H2,1-3H3. The SMILES string of the molecule is CCCc1ccc(CCCC2CCC(CCC)CO2)c(C)c1F. The first-order chi connectivity index (χ1) is 11.2. The summed E-state index contributed by atoms with van der Waals surface area (Å²) in [4.78, 5) is 0. The van der Waals surface area contributed by atoms with Crippen LogP contribution in [-0.4, -0.2) is 12.7 Å². The number of hydrogen-bond acceptors (Lipinski definition) is 1. The maximum atomic E-state index is 14.3. The highest BCUT2D eigenvalue weighted by molar-refractivity contribution is 5.33. The molecule has 2 rings (SSSR count). The molecule has 1 aliphatic heterocycles. The van der Waals surface area contributed by atoms with Crippen molar-refractivity contribution in [2.24, 2.45) is 5.92 Å². The number of rotatable bonds is 8. The molecule has 0 bridgehead atoms. The highest BCUT2D eigenvalue weighted by Crippen LogP contribution is 2.26. The van der Waals surface area contributed by atoms with Crippen molar-refractivity contribution in [1.29, 1.82) is 0 Å². The van der Waals surface area contributed by atoms with Gasteiger partial charge in [0.1, 0.15) is 5.82 Å². The molecule has 23 heavy (non-hydrogen) atoms. The van der Waals surface area contributed by atoms with E-state index in [2.05, 4.69) is 19.9 Å². The minimum atomic E-state index is 0.0145. The van der Waals surface area contributed by atoms with Crippen LogP contribution in [0.25, 0.3) is 0 Å². The van der Waals surface area contributed by atoms with Gasteiger partial charge in [0.25, 0.3) is 0 Å². The van der Waals surface area contributed by atoms with Gasteiger partial charge in [-0.25, -0.2) is 4.39 Å². The Kier molecular flexibility index (Phi) is 7.55. The van der Waals surface area contributed by atoms with Gasteiger partial charge in [-0.2, -0.15) is 0 Å². The zero-order valence-electron chi connectivity index (χ0n) is 15.2. The molecule has 0 amide bonds. The number of halogens is 1. The Morgan fingerprint density at radius 2 is 1.83 bits per heavy atom. The Morgan fingerprint density at radius 1 is 1.04 bits per heavy atom. The lowest BCUT2D eigenvalue weighted by molar-refractivity contribution is -0.0226. The molecular formula is C21H33FO. The van der Waals surface area contributed by atoms with Crippen LogP contribution in [0.3, 0.4) is 0 Å². The monoisotopic (exact) mass is 320 g/mol. The van der Waals surface area contributed by atoms with E-state index in [1.165, 1.54) is 31.2 Å². The van der Waals surface area contributed by atoms with Crippen LogP contribution in [0.1, 0.15) is 75.5 Å². The van der Waals surface area contributed by atoms with Crippen LogP contribution in [0.2, 0.25) is 0 Å². The molecule has 1 aliphatic rings. The van der Waals surface area contributed by atoms with E-state index < -0.39 is 0 Å². The second kappa shape index (κ2) is 9.42. The summed E-state index contributed by atoms with van der Waals surface area (Å²) in [6.45, 7) is 7.21. The zero-order chi connectivity index (χ0) is 16.7. The van der Waals surface area contributed by atoms with Crippen LogP contribution >= 0.6 is 0 Å². The molecule has 0 aromatic heterocycles. The summed E-state index contributed by atoms with van der Waals surface area (Å²) in [6, 6.07) is 4.11. The van der Waals surface area contributed by atoms with Gasteiger partial charge in [-0.05, 0) is 74.5 Å². The fourth-order valence-corrected chi connectivity index (χ4v) is 3.76. The Labute approximate surface area is 141 Å². The Bertz CT molecular complexity index is 475. The molecule has 1 saturated heterocycles. The molecule has 130 valence electrons. The molecule has 0 spiro atoms. The van der Waals surface area contributed by atoms with E-state index in [1.807, 2.05) is 13.0 Å². The van der Waals surface area contributed by atoms with Crippen LogP contribution in [0.15, 0.2) is 12.1 Å². The van der Waals surface area contributed by atoms with Gasteiger partial charge in [0.2, 0.25) is 0 Å². The number of hydrogen-bond donors (Lipinski definition) is 0. The van der Waals surface area contributed by atoms with Crippen molar-refractivity contribution in [3.8, 4) is 0 Å². The van der Waals surface area contributed by atoms with Crippen LogP contribution in [0, 0.1) is 18.7 Å². The van der Waals surface area contributed by atoms with Gasteiger partial charge < -0.3 is 4.74 Å². The topological polar surface area (TPSA) is 9.23 Å².